The third kappa shape index (κ3) is 96.5. The highest BCUT2D eigenvalue weighted by molar-refractivity contribution is 4.88. The Morgan fingerprint density at radius 2 is 0.933 bits per heavy atom. The molecule has 0 N–H and O–H groups in total. The van der Waals surface area contributed by atoms with Crippen LogP contribution in [0.2, 0.25) is 0 Å². The molecule has 0 unspecified atom stereocenters. The second-order valence-corrected chi connectivity index (χ2v) is 2.38. The highest BCUT2D eigenvalue weighted by Crippen LogP contribution is 1.95. The maximum atomic E-state index is 3.66. The van der Waals surface area contributed by atoms with Crippen LogP contribution in [0.5, 0.6) is 0 Å². The lowest BCUT2D eigenvalue weighted by molar-refractivity contribution is 1.07. The zero-order chi connectivity index (χ0) is 13.3. The molecular weight excluding hydrogens is 184 g/mol. The van der Waals surface area contributed by atoms with E-state index in [1.165, 1.54) is 6.42 Å². The van der Waals surface area contributed by atoms with Gasteiger partial charge in [-0.3, -0.25) is 0 Å². The Kier molecular flexibility index (Phi) is 46.2. The summed E-state index contributed by atoms with van der Waals surface area (Å²) < 4.78 is 0. The molecule has 2 nitrogen and oxygen atoms in total. The molecule has 0 aliphatic rings. The Hall–Kier alpha value is -0.920. The minimum absolute atomic E-state index is 0.702. The molecule has 0 aliphatic carbocycles. The second kappa shape index (κ2) is 29.2. The summed E-state index contributed by atoms with van der Waals surface area (Å²) in [5.41, 5.74) is 1.40. The molecule has 2 heteroatoms. The normalized spacial score (nSPS) is 7.20. The van der Waals surface area contributed by atoms with E-state index in [0.717, 1.165) is 0 Å². The molecule has 0 aromatic rings. The van der Waals surface area contributed by atoms with E-state index in [-0.39, 0.29) is 0 Å². The minimum atomic E-state index is 0.702. The van der Waals surface area contributed by atoms with Gasteiger partial charge in [0.25, 0.3) is 0 Å². The van der Waals surface area contributed by atoms with Crippen molar-refractivity contribution in [2.24, 2.45) is 10.2 Å². The zero-order valence-corrected chi connectivity index (χ0v) is 12.0. The summed E-state index contributed by atoms with van der Waals surface area (Å²) in [6.45, 7) is 22.9. The van der Waals surface area contributed by atoms with Gasteiger partial charge in [-0.25, -0.2) is 0 Å². The lowest BCUT2D eigenvalue weighted by atomic mass is 10.6. The Balaban J connectivity index is -0.0000000726. The number of hydrogen-bond acceptors (Lipinski definition) is 2. The molecule has 0 atom stereocenters. The average Bonchev–Trinajstić information content (AvgIpc) is 2.22. The highest BCUT2D eigenvalue weighted by atomic mass is 15.1. The molecule has 0 aromatic carbocycles. The van der Waals surface area contributed by atoms with Gasteiger partial charge in [0.2, 0.25) is 0 Å². The summed E-state index contributed by atoms with van der Waals surface area (Å²) in [6.07, 6.45) is 1.25. The number of azo groups is 1. The van der Waals surface area contributed by atoms with Gasteiger partial charge in [0, 0.05) is 0 Å². The number of hydrogen-bond donors (Lipinski definition) is 0. The van der Waals surface area contributed by atoms with E-state index in [1.807, 2.05) is 27.7 Å². The van der Waals surface area contributed by atoms with Gasteiger partial charge >= 0.3 is 0 Å². The van der Waals surface area contributed by atoms with E-state index < -0.39 is 0 Å². The third-order valence-corrected chi connectivity index (χ3v) is 0.391. The molecule has 0 aromatic heterocycles. The molecule has 0 rings (SSSR count). The van der Waals surface area contributed by atoms with Crippen molar-refractivity contribution in [1.29, 1.82) is 0 Å². The van der Waals surface area contributed by atoms with Crippen molar-refractivity contribution in [2.45, 2.75) is 61.8 Å². The SMILES string of the molecule is C=C(C)N=NC(=C)C.CC.CC.CCC. The van der Waals surface area contributed by atoms with Crippen LogP contribution in [-0.4, -0.2) is 0 Å². The van der Waals surface area contributed by atoms with Crippen LogP contribution in [0.25, 0.3) is 0 Å². The molecule has 0 fully saturated rings. The van der Waals surface area contributed by atoms with E-state index in [1.54, 1.807) is 13.8 Å². The summed E-state index contributed by atoms with van der Waals surface area (Å²) in [5.74, 6) is 0. The van der Waals surface area contributed by atoms with Gasteiger partial charge in [0.05, 0.1) is 11.4 Å². The van der Waals surface area contributed by atoms with Crippen LogP contribution in [0.1, 0.15) is 61.8 Å². The summed E-state index contributed by atoms with van der Waals surface area (Å²) >= 11 is 0. The smallest absolute Gasteiger partial charge is 0.0528 e. The summed E-state index contributed by atoms with van der Waals surface area (Å²) in [5, 5.41) is 7.31. The van der Waals surface area contributed by atoms with Crippen LogP contribution in [0.15, 0.2) is 34.8 Å². The molecule has 0 amide bonds. The van der Waals surface area contributed by atoms with E-state index in [4.69, 9.17) is 0 Å². The van der Waals surface area contributed by atoms with Crippen molar-refractivity contribution < 1.29 is 0 Å². The molecular formula is C13H30N2. The standard InChI is InChI=1S/C6H10N2.C3H8.2C2H6/c1-5(2)7-8-6(3)4;1-3-2;2*1-2/h1,3H2,2,4H3;3H2,1-2H3;2*1-2H3. The first-order chi connectivity index (χ1) is 7.04. The third-order valence-electron chi connectivity index (χ3n) is 0.391. The molecule has 0 saturated carbocycles. The predicted octanol–water partition coefficient (Wildman–Crippen LogP) is 5.97. The summed E-state index contributed by atoms with van der Waals surface area (Å²) in [4.78, 5) is 0. The van der Waals surface area contributed by atoms with Gasteiger partial charge in [0.15, 0.2) is 0 Å². The quantitative estimate of drug-likeness (QED) is 0.505. The van der Waals surface area contributed by atoms with Crippen LogP contribution >= 0.6 is 0 Å². The topological polar surface area (TPSA) is 24.7 Å². The van der Waals surface area contributed by atoms with Crippen molar-refractivity contribution in [1.82, 2.24) is 0 Å². The van der Waals surface area contributed by atoms with E-state index >= 15 is 0 Å². The van der Waals surface area contributed by atoms with Gasteiger partial charge < -0.3 is 0 Å². The van der Waals surface area contributed by atoms with Crippen molar-refractivity contribution in [3.05, 3.63) is 24.6 Å². The van der Waals surface area contributed by atoms with Crippen LogP contribution < -0.4 is 0 Å². The Labute approximate surface area is 97.2 Å². The summed E-state index contributed by atoms with van der Waals surface area (Å²) in [7, 11) is 0. The lowest BCUT2D eigenvalue weighted by Gasteiger charge is -1.82. The maximum absolute atomic E-state index is 3.66. The number of allylic oxidation sites excluding steroid dienone is 2. The van der Waals surface area contributed by atoms with Crippen molar-refractivity contribution in [3.63, 3.8) is 0 Å². The first-order valence-electron chi connectivity index (χ1n) is 5.77. The van der Waals surface area contributed by atoms with Crippen LogP contribution in [-0.2, 0) is 0 Å². The van der Waals surface area contributed by atoms with E-state index in [9.17, 15) is 0 Å². The second-order valence-electron chi connectivity index (χ2n) is 2.38. The zero-order valence-electron chi connectivity index (χ0n) is 12.0. The molecule has 92 valence electrons. The van der Waals surface area contributed by atoms with E-state index in [2.05, 4.69) is 37.2 Å². The van der Waals surface area contributed by atoms with Crippen molar-refractivity contribution >= 4 is 0 Å². The van der Waals surface area contributed by atoms with Crippen molar-refractivity contribution in [2.75, 3.05) is 0 Å². The largest absolute Gasteiger partial charge is 0.156 e. The van der Waals surface area contributed by atoms with Gasteiger partial charge in [-0.05, 0) is 13.8 Å². The Bertz CT molecular complexity index is 131. The fraction of sp³-hybridized carbons (Fsp3) is 0.692. The van der Waals surface area contributed by atoms with Crippen LogP contribution in [0, 0.1) is 0 Å². The fourth-order valence-electron chi connectivity index (χ4n) is 0.171. The molecule has 15 heavy (non-hydrogen) atoms. The van der Waals surface area contributed by atoms with Crippen LogP contribution in [0.4, 0.5) is 0 Å². The Morgan fingerprint density at radius 3 is 1.00 bits per heavy atom. The highest BCUT2D eigenvalue weighted by Gasteiger charge is 1.74. The average molecular weight is 214 g/mol. The first kappa shape index (κ1) is 23.7. The monoisotopic (exact) mass is 214 g/mol. The predicted molar refractivity (Wildman–Crippen MR) is 73.1 cm³/mol. The minimum Gasteiger partial charge on any atom is -0.156 e. The van der Waals surface area contributed by atoms with Gasteiger partial charge in [-0.1, -0.05) is 61.1 Å². The number of nitrogens with zero attached hydrogens (tertiary/aromatic N) is 2. The molecule has 0 heterocycles. The maximum Gasteiger partial charge on any atom is 0.0528 e. The number of rotatable bonds is 2. The lowest BCUT2D eigenvalue weighted by Crippen LogP contribution is -1.61. The first-order valence-corrected chi connectivity index (χ1v) is 5.77. The fourth-order valence-corrected chi connectivity index (χ4v) is 0.171. The van der Waals surface area contributed by atoms with Crippen molar-refractivity contribution in [3.8, 4) is 0 Å². The van der Waals surface area contributed by atoms with E-state index in [0.29, 0.717) is 11.4 Å². The van der Waals surface area contributed by atoms with Gasteiger partial charge in [0.1, 0.15) is 0 Å². The molecule has 0 spiro atoms. The molecule has 0 radical (unpaired) electrons. The van der Waals surface area contributed by atoms with Gasteiger partial charge in [-0.15, -0.1) is 0 Å². The Morgan fingerprint density at radius 1 is 0.800 bits per heavy atom. The molecule has 0 aliphatic heterocycles. The van der Waals surface area contributed by atoms with Gasteiger partial charge in [-0.2, -0.15) is 10.2 Å². The molecule has 0 saturated heterocycles. The molecule has 0 bridgehead atoms. The van der Waals surface area contributed by atoms with Crippen LogP contribution in [0.3, 0.4) is 0 Å². The summed E-state index contributed by atoms with van der Waals surface area (Å²) in [6, 6.07) is 0.